The number of aryl methyl sites for hydroxylation is 2. The minimum absolute atomic E-state index is 0.211. The number of fused-ring (bicyclic) bond motifs is 1. The molecule has 4 rings (SSSR count). The molecule has 0 unspecified atom stereocenters. The van der Waals surface area contributed by atoms with Crippen molar-refractivity contribution in [3.05, 3.63) is 75.4 Å². The van der Waals surface area contributed by atoms with Crippen molar-refractivity contribution >= 4 is 17.2 Å². The molecular formula is C20H19NO3S. The van der Waals surface area contributed by atoms with Crippen LogP contribution in [0.1, 0.15) is 38.7 Å². The fourth-order valence-corrected chi connectivity index (χ4v) is 3.68. The lowest BCUT2D eigenvalue weighted by atomic mass is 10.1. The van der Waals surface area contributed by atoms with Crippen molar-refractivity contribution in [2.45, 2.75) is 32.4 Å². The van der Waals surface area contributed by atoms with Crippen LogP contribution in [-0.2, 0) is 26.0 Å². The quantitative estimate of drug-likeness (QED) is 0.717. The monoisotopic (exact) mass is 353 g/mol. The predicted octanol–water partition coefficient (Wildman–Crippen LogP) is 4.34. The Kier molecular flexibility index (Phi) is 4.57. The molecule has 25 heavy (non-hydrogen) atoms. The van der Waals surface area contributed by atoms with Gasteiger partial charge in [-0.05, 0) is 66.1 Å². The number of rotatable bonds is 6. The normalized spacial score (nSPS) is 12.8. The van der Waals surface area contributed by atoms with E-state index in [9.17, 15) is 4.79 Å². The molecule has 0 saturated heterocycles. The first-order valence-electron chi connectivity index (χ1n) is 8.42. The summed E-state index contributed by atoms with van der Waals surface area (Å²) < 4.78 is 11.4. The van der Waals surface area contributed by atoms with Gasteiger partial charge in [-0.25, -0.2) is 0 Å². The van der Waals surface area contributed by atoms with Gasteiger partial charge in [-0.1, -0.05) is 12.1 Å². The first kappa shape index (κ1) is 16.0. The summed E-state index contributed by atoms with van der Waals surface area (Å²) in [6.07, 6.45) is 3.51. The molecule has 0 bridgehead atoms. The molecule has 1 aliphatic rings. The van der Waals surface area contributed by atoms with Gasteiger partial charge in [0.2, 0.25) is 0 Å². The van der Waals surface area contributed by atoms with E-state index in [1.54, 1.807) is 23.5 Å². The molecule has 0 fully saturated rings. The number of nitrogens with one attached hydrogen (secondary N) is 1. The number of benzene rings is 1. The Bertz CT molecular complexity index is 867. The summed E-state index contributed by atoms with van der Waals surface area (Å²) in [5.41, 5.74) is 2.81. The Morgan fingerprint density at radius 1 is 1.16 bits per heavy atom. The van der Waals surface area contributed by atoms with Crippen LogP contribution in [0, 0.1) is 0 Å². The van der Waals surface area contributed by atoms with Crippen LogP contribution in [0.5, 0.6) is 5.75 Å². The van der Waals surface area contributed by atoms with Crippen molar-refractivity contribution in [2.24, 2.45) is 0 Å². The molecule has 0 atom stereocenters. The van der Waals surface area contributed by atoms with E-state index in [0.29, 0.717) is 24.7 Å². The van der Waals surface area contributed by atoms with Crippen LogP contribution < -0.4 is 10.1 Å². The van der Waals surface area contributed by atoms with Crippen LogP contribution in [-0.4, -0.2) is 5.91 Å². The van der Waals surface area contributed by atoms with Gasteiger partial charge in [-0.15, -0.1) is 11.3 Å². The molecule has 1 amide bonds. The van der Waals surface area contributed by atoms with Gasteiger partial charge in [-0.2, -0.15) is 0 Å². The molecule has 2 heterocycles. The zero-order valence-corrected chi connectivity index (χ0v) is 14.6. The minimum Gasteiger partial charge on any atom is -0.486 e. The molecule has 5 heteroatoms. The summed E-state index contributed by atoms with van der Waals surface area (Å²) in [5.74, 6) is 1.59. The second-order valence-electron chi connectivity index (χ2n) is 6.10. The first-order valence-corrected chi connectivity index (χ1v) is 9.30. The van der Waals surface area contributed by atoms with Crippen molar-refractivity contribution in [3.63, 3.8) is 0 Å². The molecule has 0 radical (unpaired) electrons. The number of thiophene rings is 1. The summed E-state index contributed by atoms with van der Waals surface area (Å²) in [6, 6.07) is 13.7. The molecule has 2 aromatic heterocycles. The van der Waals surface area contributed by atoms with Crippen molar-refractivity contribution in [3.8, 4) is 5.75 Å². The van der Waals surface area contributed by atoms with Gasteiger partial charge in [-0.3, -0.25) is 4.79 Å². The van der Waals surface area contributed by atoms with Crippen molar-refractivity contribution < 1.29 is 13.9 Å². The highest BCUT2D eigenvalue weighted by Crippen LogP contribution is 2.26. The molecule has 1 N–H and O–H groups in total. The standard InChI is InChI=1S/C20H19NO3S/c22-20(21-12-18-5-2-10-25-18)19-9-8-17(24-19)13-23-16-7-6-14-3-1-4-15(14)11-16/h2,5-11H,1,3-4,12-13H2,(H,21,22). The number of hydrogen-bond donors (Lipinski definition) is 1. The van der Waals surface area contributed by atoms with Crippen molar-refractivity contribution in [2.75, 3.05) is 0 Å². The van der Waals surface area contributed by atoms with Crippen LogP contribution in [0.2, 0.25) is 0 Å². The summed E-state index contributed by atoms with van der Waals surface area (Å²) in [6.45, 7) is 0.829. The first-order chi connectivity index (χ1) is 12.3. The Balaban J connectivity index is 1.32. The van der Waals surface area contributed by atoms with Crippen LogP contribution in [0.25, 0.3) is 0 Å². The number of furan rings is 1. The lowest BCUT2D eigenvalue weighted by Crippen LogP contribution is -2.21. The van der Waals surface area contributed by atoms with Crippen molar-refractivity contribution in [1.29, 1.82) is 0 Å². The van der Waals surface area contributed by atoms with Gasteiger partial charge < -0.3 is 14.5 Å². The molecule has 3 aromatic rings. The SMILES string of the molecule is O=C(NCc1cccs1)c1ccc(COc2ccc3c(c2)CCC3)o1. The third kappa shape index (κ3) is 3.77. The summed E-state index contributed by atoms with van der Waals surface area (Å²) in [7, 11) is 0. The van der Waals surface area contributed by atoms with E-state index in [2.05, 4.69) is 17.4 Å². The number of amides is 1. The summed E-state index contributed by atoms with van der Waals surface area (Å²) >= 11 is 1.61. The molecule has 128 valence electrons. The zero-order chi connectivity index (χ0) is 17.1. The topological polar surface area (TPSA) is 51.5 Å². The third-order valence-electron chi connectivity index (χ3n) is 4.34. The number of hydrogen-bond acceptors (Lipinski definition) is 4. The maximum atomic E-state index is 12.1. The van der Waals surface area contributed by atoms with E-state index in [0.717, 1.165) is 23.5 Å². The highest BCUT2D eigenvalue weighted by atomic mass is 32.1. The maximum Gasteiger partial charge on any atom is 0.287 e. The minimum atomic E-state index is -0.211. The van der Waals surface area contributed by atoms with Gasteiger partial charge in [0.25, 0.3) is 5.91 Å². The lowest BCUT2D eigenvalue weighted by molar-refractivity contribution is 0.0919. The Hall–Kier alpha value is -2.53. The van der Waals surface area contributed by atoms with E-state index in [1.165, 1.54) is 17.5 Å². The van der Waals surface area contributed by atoms with Gasteiger partial charge in [0.1, 0.15) is 18.1 Å². The average molecular weight is 353 g/mol. The smallest absolute Gasteiger partial charge is 0.287 e. The van der Waals surface area contributed by atoms with E-state index in [4.69, 9.17) is 9.15 Å². The average Bonchev–Trinajstić information content (AvgIpc) is 3.39. The van der Waals surface area contributed by atoms with E-state index < -0.39 is 0 Å². The third-order valence-corrected chi connectivity index (χ3v) is 5.22. The van der Waals surface area contributed by atoms with Gasteiger partial charge in [0.15, 0.2) is 5.76 Å². The molecule has 0 aliphatic heterocycles. The number of ether oxygens (including phenoxy) is 1. The van der Waals surface area contributed by atoms with Crippen LogP contribution in [0.15, 0.2) is 52.3 Å². The molecular weight excluding hydrogens is 334 g/mol. The highest BCUT2D eigenvalue weighted by molar-refractivity contribution is 7.09. The molecule has 0 spiro atoms. The van der Waals surface area contributed by atoms with E-state index in [-0.39, 0.29) is 5.91 Å². The number of carbonyl (C=O) groups excluding carboxylic acids is 1. The largest absolute Gasteiger partial charge is 0.486 e. The van der Waals surface area contributed by atoms with Gasteiger partial charge >= 0.3 is 0 Å². The Labute approximate surface area is 150 Å². The van der Waals surface area contributed by atoms with Gasteiger partial charge in [0.05, 0.1) is 6.54 Å². The number of carbonyl (C=O) groups is 1. The van der Waals surface area contributed by atoms with Crippen LogP contribution in [0.4, 0.5) is 0 Å². The van der Waals surface area contributed by atoms with Gasteiger partial charge in [0, 0.05) is 4.88 Å². The molecule has 4 nitrogen and oxygen atoms in total. The summed E-state index contributed by atoms with van der Waals surface area (Å²) in [5, 5.41) is 4.84. The molecule has 1 aliphatic carbocycles. The summed E-state index contributed by atoms with van der Waals surface area (Å²) in [4.78, 5) is 13.2. The second-order valence-corrected chi connectivity index (χ2v) is 7.13. The highest BCUT2D eigenvalue weighted by Gasteiger charge is 2.13. The molecule has 1 aromatic carbocycles. The lowest BCUT2D eigenvalue weighted by Gasteiger charge is -2.06. The zero-order valence-electron chi connectivity index (χ0n) is 13.8. The van der Waals surface area contributed by atoms with E-state index >= 15 is 0 Å². The second kappa shape index (κ2) is 7.15. The maximum absolute atomic E-state index is 12.1. The van der Waals surface area contributed by atoms with Crippen LogP contribution in [0.3, 0.4) is 0 Å². The van der Waals surface area contributed by atoms with Crippen LogP contribution >= 0.6 is 11.3 Å². The predicted molar refractivity (Wildman–Crippen MR) is 97.0 cm³/mol. The molecule has 0 saturated carbocycles. The fourth-order valence-electron chi connectivity index (χ4n) is 3.04. The van der Waals surface area contributed by atoms with Crippen molar-refractivity contribution in [1.82, 2.24) is 5.32 Å². The fraction of sp³-hybridized carbons (Fsp3) is 0.250. The van der Waals surface area contributed by atoms with E-state index in [1.807, 2.05) is 23.6 Å². The Morgan fingerprint density at radius 3 is 2.96 bits per heavy atom. The Morgan fingerprint density at radius 2 is 2.08 bits per heavy atom.